The van der Waals surface area contributed by atoms with Crippen LogP contribution in [0.3, 0.4) is 0 Å². The molecule has 0 spiro atoms. The molecule has 14 heteroatoms. The highest BCUT2D eigenvalue weighted by molar-refractivity contribution is 6.32. The molecule has 67 heavy (non-hydrogen) atoms. The van der Waals surface area contributed by atoms with Gasteiger partial charge in [0.15, 0.2) is 0 Å². The van der Waals surface area contributed by atoms with Gasteiger partial charge in [-0.1, -0.05) is 132 Å². The van der Waals surface area contributed by atoms with Gasteiger partial charge >= 0.3 is 11.8 Å². The maximum absolute atomic E-state index is 12.7. The van der Waals surface area contributed by atoms with Crippen molar-refractivity contribution in [2.75, 3.05) is 20.3 Å². The van der Waals surface area contributed by atoms with Crippen molar-refractivity contribution in [2.24, 2.45) is 0 Å². The van der Waals surface area contributed by atoms with E-state index in [0.717, 1.165) is 51.6 Å². The van der Waals surface area contributed by atoms with Gasteiger partial charge in [0.2, 0.25) is 5.89 Å². The van der Waals surface area contributed by atoms with Crippen LogP contribution in [0, 0.1) is 0 Å². The van der Waals surface area contributed by atoms with Gasteiger partial charge in [-0.3, -0.25) is 10.2 Å². The van der Waals surface area contributed by atoms with Gasteiger partial charge in [-0.05, 0) is 110 Å². The highest BCUT2D eigenvalue weighted by atomic mass is 35.5. The molecule has 1 aromatic heterocycles. The van der Waals surface area contributed by atoms with Gasteiger partial charge in [-0.25, -0.2) is 14.6 Å². The van der Waals surface area contributed by atoms with Crippen LogP contribution in [0.15, 0.2) is 155 Å². The van der Waals surface area contributed by atoms with Crippen molar-refractivity contribution < 1.29 is 33.0 Å². The molecule has 0 radical (unpaired) electrons. The normalized spacial score (nSPS) is 11.8. The quantitative estimate of drug-likeness (QED) is 0.119. The minimum absolute atomic E-state index is 0.0127. The van der Waals surface area contributed by atoms with Crippen molar-refractivity contribution in [1.29, 1.82) is 0 Å². The zero-order chi connectivity index (χ0) is 47.7. The summed E-state index contributed by atoms with van der Waals surface area (Å²) in [5.74, 6) is 0.279. The van der Waals surface area contributed by atoms with E-state index in [0.29, 0.717) is 39.2 Å². The van der Waals surface area contributed by atoms with E-state index in [1.807, 2.05) is 125 Å². The molecule has 1 fully saturated rings. The minimum Gasteiger partial charge on any atom is -0.489 e. The zero-order valence-electron chi connectivity index (χ0n) is 38.1. The first-order chi connectivity index (χ1) is 32.4. The van der Waals surface area contributed by atoms with E-state index < -0.39 is 17.8 Å². The number of amides is 2. The third kappa shape index (κ3) is 14.8. The van der Waals surface area contributed by atoms with Crippen LogP contribution in [0.5, 0.6) is 11.5 Å². The van der Waals surface area contributed by atoms with Gasteiger partial charge in [-0.15, -0.1) is 5.10 Å². The Morgan fingerprint density at radius 2 is 1.16 bits per heavy atom. The van der Waals surface area contributed by atoms with Gasteiger partial charge < -0.3 is 23.4 Å². The molecule has 12 nitrogen and oxygen atoms in total. The number of carbonyl (C=O) groups excluding carboxylic acids is 2. The van der Waals surface area contributed by atoms with E-state index in [1.54, 1.807) is 30.3 Å². The van der Waals surface area contributed by atoms with Crippen molar-refractivity contribution in [3.63, 3.8) is 0 Å². The van der Waals surface area contributed by atoms with E-state index >= 15 is 0 Å². The van der Waals surface area contributed by atoms with Crippen molar-refractivity contribution in [3.05, 3.63) is 183 Å². The lowest BCUT2D eigenvalue weighted by atomic mass is 10.0. The number of hydrazine groups is 1. The Morgan fingerprint density at radius 3 is 1.64 bits per heavy atom. The molecule has 8 rings (SSSR count). The van der Waals surface area contributed by atoms with E-state index in [4.69, 9.17) is 46.6 Å². The summed E-state index contributed by atoms with van der Waals surface area (Å²) in [7, 11) is 1.26. The summed E-state index contributed by atoms with van der Waals surface area (Å²) < 4.78 is 27.6. The maximum Gasteiger partial charge on any atom is 0.437 e. The average Bonchev–Trinajstić information content (AvgIpc) is 4.05. The third-order valence-electron chi connectivity index (χ3n) is 9.96. The number of methoxy groups -OCH3 is 1. The van der Waals surface area contributed by atoms with E-state index in [9.17, 15) is 14.4 Å². The summed E-state index contributed by atoms with van der Waals surface area (Å²) in [4.78, 5) is 37.3. The molecule has 2 heterocycles. The monoisotopic (exact) mass is 944 g/mol. The number of halogens is 2. The van der Waals surface area contributed by atoms with E-state index in [-0.39, 0.29) is 24.6 Å². The Labute approximate surface area is 400 Å². The number of carbonyl (C=O) groups is 2. The topological polar surface area (TPSA) is 134 Å². The van der Waals surface area contributed by atoms with Crippen molar-refractivity contribution in [3.8, 4) is 45.2 Å². The molecule has 0 atom stereocenters. The van der Waals surface area contributed by atoms with Crippen LogP contribution in [0.2, 0.25) is 10.0 Å². The second-order valence-electron chi connectivity index (χ2n) is 15.9. The van der Waals surface area contributed by atoms with Crippen LogP contribution in [0.4, 0.5) is 4.79 Å². The zero-order valence-corrected chi connectivity index (χ0v) is 39.6. The molecule has 1 aliphatic heterocycles. The number of ether oxygens (including phenoxy) is 4. The van der Waals surface area contributed by atoms with Gasteiger partial charge in [0, 0.05) is 24.3 Å². The van der Waals surface area contributed by atoms with Crippen LogP contribution in [-0.4, -0.2) is 59.3 Å². The fourth-order valence-electron chi connectivity index (χ4n) is 6.68. The SMILES string of the molecule is C1CCOC1.CC(C)Oc1ccc(-c2nn(Cc3ccc(-c4ccccc4)cc3)c(=O)o2)cc1Cl.COC(=O)N(Cc1ccc(-c2ccccc2)cc1)NC(=O)c1ccc(OC(C)C)c(Cl)c1. The molecular formula is C53H54Cl2N4O8. The fourth-order valence-corrected chi connectivity index (χ4v) is 7.13. The number of nitrogens with zero attached hydrogens (tertiary/aromatic N) is 3. The summed E-state index contributed by atoms with van der Waals surface area (Å²) in [5, 5.41) is 6.20. The molecule has 0 aliphatic carbocycles. The molecule has 6 aromatic carbocycles. The molecule has 0 unspecified atom stereocenters. The molecular weight excluding hydrogens is 892 g/mol. The minimum atomic E-state index is -0.684. The van der Waals surface area contributed by atoms with Gasteiger partial charge in [0.25, 0.3) is 5.91 Å². The summed E-state index contributed by atoms with van der Waals surface area (Å²) in [5.41, 5.74) is 9.69. The predicted molar refractivity (Wildman–Crippen MR) is 263 cm³/mol. The molecule has 0 bridgehead atoms. The summed E-state index contributed by atoms with van der Waals surface area (Å²) in [6.07, 6.45) is 1.84. The molecule has 1 N–H and O–H groups in total. The predicted octanol–water partition coefficient (Wildman–Crippen LogP) is 12.2. The summed E-state index contributed by atoms with van der Waals surface area (Å²) in [6.45, 7) is 10.1. The Balaban J connectivity index is 0.000000200. The van der Waals surface area contributed by atoms with Gasteiger partial charge in [0.1, 0.15) is 11.5 Å². The summed E-state index contributed by atoms with van der Waals surface area (Å²) >= 11 is 12.5. The summed E-state index contributed by atoms with van der Waals surface area (Å²) in [6, 6.07) is 45.8. The van der Waals surface area contributed by atoms with Gasteiger partial charge in [0.05, 0.1) is 42.5 Å². The molecule has 348 valence electrons. The number of nitrogens with one attached hydrogen (secondary N) is 1. The number of rotatable bonds is 12. The Morgan fingerprint density at radius 1 is 0.672 bits per heavy atom. The highest BCUT2D eigenvalue weighted by Crippen LogP contribution is 2.31. The average molecular weight is 946 g/mol. The number of hydrogen-bond acceptors (Lipinski definition) is 9. The van der Waals surface area contributed by atoms with Crippen LogP contribution in [0.1, 0.15) is 62.0 Å². The number of hydrogen-bond donors (Lipinski definition) is 1. The van der Waals surface area contributed by atoms with Crippen molar-refractivity contribution in [1.82, 2.24) is 20.2 Å². The van der Waals surface area contributed by atoms with Crippen LogP contribution in [0.25, 0.3) is 33.7 Å². The second-order valence-corrected chi connectivity index (χ2v) is 16.7. The van der Waals surface area contributed by atoms with Crippen LogP contribution >= 0.6 is 23.2 Å². The molecule has 0 saturated carbocycles. The lowest BCUT2D eigenvalue weighted by molar-refractivity contribution is 0.0691. The Hall–Kier alpha value is -6.86. The van der Waals surface area contributed by atoms with Crippen LogP contribution < -0.4 is 20.7 Å². The maximum atomic E-state index is 12.7. The standard InChI is InChI=1S/C25H25ClN2O4.C24H21ClN2O3.C4H8O/c1-17(2)32-23-14-13-21(15-22(23)26)24(29)27-28(25(30)31-3)16-18-9-11-20(12-10-18)19-7-5-4-6-8-19;1-16(2)29-22-13-12-20(14-21(22)25)23-26-27(24(28)30-23)15-17-8-10-19(11-9-17)18-6-4-3-5-7-18;1-2-4-5-3-1/h4-15,17H,16H2,1-3H3,(H,27,29);3-14,16H,15H2,1-2H3;1-4H2. The molecule has 1 saturated heterocycles. The Bertz CT molecular complexity index is 2710. The molecule has 7 aromatic rings. The second kappa shape index (κ2) is 24.6. The van der Waals surface area contributed by atoms with Crippen LogP contribution in [-0.2, 0) is 22.6 Å². The van der Waals surface area contributed by atoms with Gasteiger partial charge in [-0.2, -0.15) is 4.68 Å². The first-order valence-electron chi connectivity index (χ1n) is 21.9. The highest BCUT2D eigenvalue weighted by Gasteiger charge is 2.20. The molecule has 2 amide bonds. The fraction of sp³-hybridized carbons (Fsp3) is 0.245. The number of aromatic nitrogens is 2. The third-order valence-corrected chi connectivity index (χ3v) is 10.5. The smallest absolute Gasteiger partial charge is 0.437 e. The largest absolute Gasteiger partial charge is 0.489 e. The van der Waals surface area contributed by atoms with E-state index in [1.165, 1.54) is 30.7 Å². The number of benzene rings is 6. The first-order valence-corrected chi connectivity index (χ1v) is 22.7. The lowest BCUT2D eigenvalue weighted by Gasteiger charge is -2.22. The first kappa shape index (κ1) is 49.6. The lowest BCUT2D eigenvalue weighted by Crippen LogP contribution is -2.45. The van der Waals surface area contributed by atoms with Crippen molar-refractivity contribution in [2.45, 2.75) is 65.8 Å². The van der Waals surface area contributed by atoms with E-state index in [2.05, 4.69) is 22.7 Å². The van der Waals surface area contributed by atoms with Crippen molar-refractivity contribution >= 4 is 35.2 Å². The molecule has 1 aliphatic rings. The Kier molecular flexibility index (Phi) is 18.2.